The number of anilines is 1. The maximum atomic E-state index is 10.7. The number of benzene rings is 1. The zero-order valence-electron chi connectivity index (χ0n) is 8.71. The van der Waals surface area contributed by atoms with Crippen LogP contribution in [-0.4, -0.2) is 27.8 Å². The van der Waals surface area contributed by atoms with E-state index >= 15 is 0 Å². The number of hydrogen-bond donors (Lipinski definition) is 4. The summed E-state index contributed by atoms with van der Waals surface area (Å²) >= 11 is 5.83. The van der Waals surface area contributed by atoms with Gasteiger partial charge in [-0.3, -0.25) is 10.1 Å². The van der Waals surface area contributed by atoms with Crippen LogP contribution in [0.3, 0.4) is 0 Å². The Hall–Kier alpha value is -1.41. The Balaban J connectivity index is 3.24. The van der Waals surface area contributed by atoms with Crippen molar-refractivity contribution in [1.82, 2.24) is 0 Å². The number of hydrogen-bond acceptors (Lipinski definition) is 6. The van der Waals surface area contributed by atoms with Gasteiger partial charge in [0.25, 0.3) is 5.69 Å². The maximum Gasteiger partial charge on any atom is 0.292 e. The largest absolute Gasteiger partial charge is 0.394 e. The molecule has 1 rings (SSSR count). The average Bonchev–Trinajstić information content (AvgIpc) is 2.26. The number of nitrogens with zero attached hydrogens (tertiary/aromatic N) is 1. The lowest BCUT2D eigenvalue weighted by Crippen LogP contribution is -2.29. The second kappa shape index (κ2) is 5.28. The van der Waals surface area contributed by atoms with Crippen LogP contribution in [0.15, 0.2) is 12.1 Å². The number of nitrogens with two attached hydrogens (primary N) is 2. The first kappa shape index (κ1) is 13.7. The number of aliphatic hydroxyl groups excluding tert-OH is 2. The van der Waals surface area contributed by atoms with E-state index in [0.29, 0.717) is 0 Å². The summed E-state index contributed by atoms with van der Waals surface area (Å²) in [7, 11) is 0. The number of nitrogen functional groups attached to an aromatic ring is 1. The molecular weight excluding hydrogens is 250 g/mol. The summed E-state index contributed by atoms with van der Waals surface area (Å²) in [6.07, 6.45) is -1.25. The van der Waals surface area contributed by atoms with Gasteiger partial charge >= 0.3 is 0 Å². The Labute approximate surface area is 102 Å². The van der Waals surface area contributed by atoms with E-state index in [2.05, 4.69) is 0 Å². The van der Waals surface area contributed by atoms with Crippen molar-refractivity contribution in [3.05, 3.63) is 32.8 Å². The Kier molecular flexibility index (Phi) is 4.24. The van der Waals surface area contributed by atoms with Crippen LogP contribution in [0, 0.1) is 10.1 Å². The molecule has 0 aliphatic carbocycles. The molecule has 94 valence electrons. The van der Waals surface area contributed by atoms with Gasteiger partial charge in [0.1, 0.15) is 5.69 Å². The first-order chi connectivity index (χ1) is 7.88. The van der Waals surface area contributed by atoms with E-state index in [9.17, 15) is 15.2 Å². The van der Waals surface area contributed by atoms with Crippen molar-refractivity contribution in [2.24, 2.45) is 5.73 Å². The molecule has 2 atom stereocenters. The molecule has 1 aromatic carbocycles. The fraction of sp³-hybridized carbons (Fsp3) is 0.333. The molecule has 0 radical (unpaired) electrons. The number of rotatable bonds is 4. The second-order valence-corrected chi connectivity index (χ2v) is 3.87. The van der Waals surface area contributed by atoms with Crippen LogP contribution in [-0.2, 0) is 0 Å². The van der Waals surface area contributed by atoms with E-state index < -0.39 is 23.7 Å². The fourth-order valence-corrected chi connectivity index (χ4v) is 1.63. The van der Waals surface area contributed by atoms with Crippen molar-refractivity contribution in [2.45, 2.75) is 12.1 Å². The molecule has 2 unspecified atom stereocenters. The first-order valence-electron chi connectivity index (χ1n) is 4.66. The highest BCUT2D eigenvalue weighted by molar-refractivity contribution is 6.31. The minimum absolute atomic E-state index is 0.0885. The highest BCUT2D eigenvalue weighted by atomic mass is 35.5. The molecule has 0 amide bonds. The van der Waals surface area contributed by atoms with Crippen LogP contribution in [0.4, 0.5) is 11.4 Å². The van der Waals surface area contributed by atoms with Crippen molar-refractivity contribution >= 4 is 23.0 Å². The topological polar surface area (TPSA) is 136 Å². The molecule has 0 saturated carbocycles. The lowest BCUT2D eigenvalue weighted by molar-refractivity contribution is -0.384. The second-order valence-electron chi connectivity index (χ2n) is 3.47. The van der Waals surface area contributed by atoms with Crippen LogP contribution in [0.25, 0.3) is 0 Å². The minimum atomic E-state index is -1.25. The molecule has 0 bridgehead atoms. The highest BCUT2D eigenvalue weighted by Crippen LogP contribution is 2.32. The molecule has 0 fully saturated rings. The van der Waals surface area contributed by atoms with Gasteiger partial charge in [-0.25, -0.2) is 0 Å². The molecule has 0 aliphatic heterocycles. The van der Waals surface area contributed by atoms with Crippen molar-refractivity contribution in [3.8, 4) is 0 Å². The summed E-state index contributed by atoms with van der Waals surface area (Å²) in [6, 6.07) is 1.27. The number of aliphatic hydroxyl groups is 2. The van der Waals surface area contributed by atoms with Crippen LogP contribution in [0.1, 0.15) is 11.6 Å². The van der Waals surface area contributed by atoms with Gasteiger partial charge in [-0.15, -0.1) is 0 Å². The van der Waals surface area contributed by atoms with Crippen LogP contribution in [0.5, 0.6) is 0 Å². The SMILES string of the molecule is Nc1cc(Cl)c(C(N)C(O)CO)cc1[N+](=O)[O-]. The normalized spacial score (nSPS) is 14.4. The summed E-state index contributed by atoms with van der Waals surface area (Å²) in [4.78, 5) is 10.0. The van der Waals surface area contributed by atoms with Gasteiger partial charge in [0.2, 0.25) is 0 Å². The van der Waals surface area contributed by atoms with E-state index in [1.807, 2.05) is 0 Å². The summed E-state index contributed by atoms with van der Waals surface area (Å²) < 4.78 is 0. The predicted molar refractivity (Wildman–Crippen MR) is 62.5 cm³/mol. The first-order valence-corrected chi connectivity index (χ1v) is 5.04. The van der Waals surface area contributed by atoms with Gasteiger partial charge < -0.3 is 21.7 Å². The summed E-state index contributed by atoms with van der Waals surface area (Å²) in [5.41, 5.74) is 10.8. The Morgan fingerprint density at radius 1 is 1.53 bits per heavy atom. The molecule has 0 aromatic heterocycles. The summed E-state index contributed by atoms with van der Waals surface area (Å²) in [5.74, 6) is 0. The molecule has 1 aromatic rings. The van der Waals surface area contributed by atoms with E-state index in [4.69, 9.17) is 28.2 Å². The standard InChI is InChI=1S/C9H12ClN3O4/c10-5-2-6(11)7(13(16)17)1-4(5)9(12)8(15)3-14/h1-2,8-9,14-15H,3,11-12H2. The number of nitro groups is 1. The van der Waals surface area contributed by atoms with Gasteiger partial charge in [0.15, 0.2) is 0 Å². The van der Waals surface area contributed by atoms with E-state index in [0.717, 1.165) is 6.07 Å². The molecule has 8 heteroatoms. The molecule has 0 spiro atoms. The number of halogens is 1. The lowest BCUT2D eigenvalue weighted by atomic mass is 10.0. The van der Waals surface area contributed by atoms with Crippen LogP contribution < -0.4 is 11.5 Å². The quantitative estimate of drug-likeness (QED) is 0.347. The molecule has 7 nitrogen and oxygen atoms in total. The third-order valence-electron chi connectivity index (χ3n) is 2.30. The Bertz CT molecular complexity index is 440. The minimum Gasteiger partial charge on any atom is -0.394 e. The molecular formula is C9H12ClN3O4. The Morgan fingerprint density at radius 2 is 2.12 bits per heavy atom. The third-order valence-corrected chi connectivity index (χ3v) is 2.63. The van der Waals surface area contributed by atoms with Crippen molar-refractivity contribution in [1.29, 1.82) is 0 Å². The number of nitro benzene ring substituents is 1. The van der Waals surface area contributed by atoms with Crippen LogP contribution >= 0.6 is 11.6 Å². The molecule has 0 saturated heterocycles. The zero-order valence-corrected chi connectivity index (χ0v) is 9.46. The predicted octanol–water partition coefficient (Wildman–Crippen LogP) is 0.183. The van der Waals surface area contributed by atoms with Gasteiger partial charge in [0, 0.05) is 11.1 Å². The van der Waals surface area contributed by atoms with Gasteiger partial charge in [-0.1, -0.05) is 11.6 Å². The summed E-state index contributed by atoms with van der Waals surface area (Å²) in [5, 5.41) is 28.9. The van der Waals surface area contributed by atoms with E-state index in [-0.39, 0.29) is 22.0 Å². The van der Waals surface area contributed by atoms with Gasteiger partial charge in [-0.2, -0.15) is 0 Å². The maximum absolute atomic E-state index is 10.7. The highest BCUT2D eigenvalue weighted by Gasteiger charge is 2.23. The van der Waals surface area contributed by atoms with E-state index in [1.54, 1.807) is 0 Å². The van der Waals surface area contributed by atoms with Crippen molar-refractivity contribution < 1.29 is 15.1 Å². The zero-order chi connectivity index (χ0) is 13.2. The summed E-state index contributed by atoms with van der Waals surface area (Å²) in [6.45, 7) is -0.574. The van der Waals surface area contributed by atoms with Crippen LogP contribution in [0.2, 0.25) is 5.02 Å². The molecule has 0 aliphatic rings. The smallest absolute Gasteiger partial charge is 0.292 e. The van der Waals surface area contributed by atoms with Crippen molar-refractivity contribution in [2.75, 3.05) is 12.3 Å². The molecule has 6 N–H and O–H groups in total. The molecule has 0 heterocycles. The monoisotopic (exact) mass is 261 g/mol. The average molecular weight is 262 g/mol. The van der Waals surface area contributed by atoms with Gasteiger partial charge in [0.05, 0.1) is 23.7 Å². The lowest BCUT2D eigenvalue weighted by Gasteiger charge is -2.18. The fourth-order valence-electron chi connectivity index (χ4n) is 1.33. The van der Waals surface area contributed by atoms with Crippen molar-refractivity contribution in [3.63, 3.8) is 0 Å². The van der Waals surface area contributed by atoms with Gasteiger partial charge in [-0.05, 0) is 11.6 Å². The molecule has 17 heavy (non-hydrogen) atoms. The van der Waals surface area contributed by atoms with E-state index in [1.165, 1.54) is 6.07 Å². The third kappa shape index (κ3) is 2.83. The Morgan fingerprint density at radius 3 is 2.59 bits per heavy atom.